The summed E-state index contributed by atoms with van der Waals surface area (Å²) < 4.78 is 66.9. The molecule has 0 unspecified atom stereocenters. The van der Waals surface area contributed by atoms with Crippen LogP contribution in [0.2, 0.25) is 0 Å². The van der Waals surface area contributed by atoms with E-state index in [0.717, 1.165) is 47.6 Å². The molecule has 0 saturated carbocycles. The number of unbranched alkanes of at least 4 members (excludes halogenated alkanes) is 2. The molecule has 0 aliphatic heterocycles. The minimum atomic E-state index is -4.28. The Labute approximate surface area is 355 Å². The van der Waals surface area contributed by atoms with Crippen molar-refractivity contribution in [3.63, 3.8) is 0 Å². The standard InChI is InChI=1S/C27H34N8S2.2C7H8O3S/c1-32(24-12-8-22(9-13-24)28-30-26-34(3)18-20-36-26)16-6-5-7-17-33(2)25-14-10-23(11-15-25)29-31-27-35(4)19-21-37-27;2*1-6-4-2-3-5-7(6)11(8,9)10/h8-15,18-21H,5-7,16-17H2,1-4H3;2*2-5H,1H3,(H,8,9,10)/q+2;;/p-2. The predicted molar refractivity (Wildman–Crippen MR) is 231 cm³/mol. The van der Waals surface area contributed by atoms with Crippen LogP contribution in [0.25, 0.3) is 0 Å². The number of aromatic nitrogens is 2. The third kappa shape index (κ3) is 15.1. The van der Waals surface area contributed by atoms with Crippen molar-refractivity contribution in [3.05, 3.63) is 131 Å². The molecular formula is C41H48N8O6S4. The second kappa shape index (κ2) is 22.2. The molecule has 0 amide bonds. The normalized spacial score (nSPS) is 11.5. The molecule has 0 aliphatic rings. The smallest absolute Gasteiger partial charge is 0.408 e. The fourth-order valence-electron chi connectivity index (χ4n) is 5.40. The number of nitrogens with zero attached hydrogens (tertiary/aromatic N) is 8. The van der Waals surface area contributed by atoms with Gasteiger partial charge in [0.2, 0.25) is 0 Å². The van der Waals surface area contributed by atoms with Crippen LogP contribution in [0.1, 0.15) is 30.4 Å². The highest BCUT2D eigenvalue weighted by Crippen LogP contribution is 2.24. The fraction of sp³-hybridized carbons (Fsp3) is 0.268. The monoisotopic (exact) mass is 876 g/mol. The first kappa shape index (κ1) is 46.4. The van der Waals surface area contributed by atoms with Crippen LogP contribution in [0.15, 0.2) is 150 Å². The van der Waals surface area contributed by atoms with Gasteiger partial charge in [-0.25, -0.2) is 26.0 Å². The molecule has 0 N–H and O–H groups in total. The summed E-state index contributed by atoms with van der Waals surface area (Å²) in [7, 11) is -0.334. The molecule has 6 aromatic rings. The lowest BCUT2D eigenvalue weighted by molar-refractivity contribution is -0.654. The fourth-order valence-corrected chi connectivity index (χ4v) is 8.18. The van der Waals surface area contributed by atoms with Crippen molar-refractivity contribution in [2.45, 2.75) is 42.9 Å². The summed E-state index contributed by atoms with van der Waals surface area (Å²) in [6.45, 7) is 5.23. The minimum Gasteiger partial charge on any atom is -0.744 e. The number of thiazole rings is 2. The Morgan fingerprint density at radius 1 is 0.542 bits per heavy atom. The van der Waals surface area contributed by atoms with E-state index in [1.54, 1.807) is 60.8 Å². The van der Waals surface area contributed by atoms with Gasteiger partial charge in [0.1, 0.15) is 44.0 Å². The van der Waals surface area contributed by atoms with E-state index in [4.69, 9.17) is 0 Å². The maximum atomic E-state index is 10.5. The lowest BCUT2D eigenvalue weighted by Gasteiger charge is -2.21. The van der Waals surface area contributed by atoms with Gasteiger partial charge in [-0.1, -0.05) is 36.4 Å². The number of aryl methyl sites for hydroxylation is 4. The van der Waals surface area contributed by atoms with Gasteiger partial charge in [-0.3, -0.25) is 0 Å². The molecule has 0 atom stereocenters. The van der Waals surface area contributed by atoms with Crippen LogP contribution in [0.4, 0.5) is 33.0 Å². The number of azo groups is 2. The number of hydrogen-bond donors (Lipinski definition) is 0. The van der Waals surface area contributed by atoms with Crippen molar-refractivity contribution in [1.82, 2.24) is 0 Å². The van der Waals surface area contributed by atoms with Gasteiger partial charge in [-0.2, -0.15) is 0 Å². The quantitative estimate of drug-likeness (QED) is 0.0451. The van der Waals surface area contributed by atoms with Gasteiger partial charge in [0.05, 0.1) is 34.1 Å². The van der Waals surface area contributed by atoms with Crippen LogP contribution in [0.3, 0.4) is 0 Å². The lowest BCUT2D eigenvalue weighted by Crippen LogP contribution is -2.23. The Morgan fingerprint density at radius 2 is 0.898 bits per heavy atom. The van der Waals surface area contributed by atoms with Crippen molar-refractivity contribution in [3.8, 4) is 0 Å². The van der Waals surface area contributed by atoms with Gasteiger partial charge in [0.15, 0.2) is 0 Å². The summed E-state index contributed by atoms with van der Waals surface area (Å²) in [5.41, 5.74) is 5.10. The van der Waals surface area contributed by atoms with E-state index in [2.05, 4.69) is 68.6 Å². The van der Waals surface area contributed by atoms with E-state index in [-0.39, 0.29) is 9.79 Å². The number of anilines is 2. The van der Waals surface area contributed by atoms with Crippen LogP contribution >= 0.6 is 22.7 Å². The zero-order valence-electron chi connectivity index (χ0n) is 33.7. The van der Waals surface area contributed by atoms with Crippen LogP contribution in [-0.2, 0) is 34.3 Å². The van der Waals surface area contributed by atoms with Crippen LogP contribution in [-0.4, -0.2) is 53.1 Å². The summed E-state index contributed by atoms with van der Waals surface area (Å²) in [4.78, 5) is 4.32. The molecule has 0 bridgehead atoms. The summed E-state index contributed by atoms with van der Waals surface area (Å²) >= 11 is 3.15. The van der Waals surface area contributed by atoms with Crippen LogP contribution in [0, 0.1) is 13.8 Å². The molecule has 0 radical (unpaired) electrons. The van der Waals surface area contributed by atoms with Gasteiger partial charge in [-0.15, -0.1) is 0 Å². The van der Waals surface area contributed by atoms with E-state index < -0.39 is 20.2 Å². The van der Waals surface area contributed by atoms with E-state index in [9.17, 15) is 25.9 Å². The lowest BCUT2D eigenvalue weighted by atomic mass is 10.2. The first-order chi connectivity index (χ1) is 28.0. The highest BCUT2D eigenvalue weighted by Gasteiger charge is 2.10. The van der Waals surface area contributed by atoms with Gasteiger partial charge < -0.3 is 18.9 Å². The maximum absolute atomic E-state index is 10.5. The minimum absolute atomic E-state index is 0.139. The van der Waals surface area contributed by atoms with Crippen molar-refractivity contribution in [1.29, 1.82) is 0 Å². The molecule has 18 heteroatoms. The van der Waals surface area contributed by atoms with E-state index in [1.165, 1.54) is 42.1 Å². The number of hydrogen-bond acceptors (Lipinski definition) is 14. The molecule has 0 aliphatic carbocycles. The van der Waals surface area contributed by atoms with Crippen molar-refractivity contribution < 1.29 is 35.1 Å². The Hall–Kier alpha value is -5.24. The molecular weight excluding hydrogens is 829 g/mol. The zero-order chi connectivity index (χ0) is 43.0. The van der Waals surface area contributed by atoms with Gasteiger partial charge in [0.25, 0.3) is 0 Å². The van der Waals surface area contributed by atoms with Crippen LogP contribution in [0.5, 0.6) is 0 Å². The third-order valence-electron chi connectivity index (χ3n) is 8.82. The SMILES string of the molecule is CN(CCCCCN(C)c1ccc(N=Nc2scc[n+]2C)cc1)c1ccc(N=Nc2scc[n+]2C)cc1.Cc1ccccc1S(=O)(=O)[O-].Cc1ccccc1S(=O)(=O)[O-]. The number of benzene rings is 4. The van der Waals surface area contributed by atoms with Crippen molar-refractivity contribution in [2.75, 3.05) is 37.0 Å². The Kier molecular flexibility index (Phi) is 17.5. The zero-order valence-corrected chi connectivity index (χ0v) is 37.0. The average Bonchev–Trinajstić information content (AvgIpc) is 3.82. The second-order valence-corrected chi connectivity index (χ2v) is 17.8. The molecule has 0 fully saturated rings. The largest absolute Gasteiger partial charge is 0.744 e. The molecule has 312 valence electrons. The molecule has 4 aromatic carbocycles. The number of rotatable bonds is 14. The summed E-state index contributed by atoms with van der Waals surface area (Å²) in [6, 6.07) is 28.7. The van der Waals surface area contributed by atoms with Gasteiger partial charge in [0, 0.05) is 49.3 Å². The van der Waals surface area contributed by atoms with Crippen molar-refractivity contribution >= 4 is 75.9 Å². The first-order valence-corrected chi connectivity index (χ1v) is 23.0. The van der Waals surface area contributed by atoms with Gasteiger partial charge >= 0.3 is 10.3 Å². The van der Waals surface area contributed by atoms with Crippen molar-refractivity contribution in [2.24, 2.45) is 34.6 Å². The summed E-state index contributed by atoms with van der Waals surface area (Å²) in [6.07, 6.45) is 7.45. The van der Waals surface area contributed by atoms with E-state index in [0.29, 0.717) is 11.1 Å². The molecule has 2 heterocycles. The van der Waals surface area contributed by atoms with E-state index >= 15 is 0 Å². The maximum Gasteiger partial charge on any atom is 0.408 e. The molecule has 59 heavy (non-hydrogen) atoms. The molecule has 0 spiro atoms. The third-order valence-corrected chi connectivity index (χ3v) is 12.5. The Morgan fingerprint density at radius 3 is 1.19 bits per heavy atom. The van der Waals surface area contributed by atoms with Crippen LogP contribution < -0.4 is 18.9 Å². The molecule has 14 nitrogen and oxygen atoms in total. The highest BCUT2D eigenvalue weighted by molar-refractivity contribution is 7.86. The average molecular weight is 877 g/mol. The Balaban J connectivity index is 0.000000282. The summed E-state index contributed by atoms with van der Waals surface area (Å²) in [5.74, 6) is 0. The first-order valence-electron chi connectivity index (χ1n) is 18.4. The highest BCUT2D eigenvalue weighted by atomic mass is 32.2. The Bertz CT molecular complexity index is 2350. The molecule has 2 aromatic heterocycles. The predicted octanol–water partition coefficient (Wildman–Crippen LogP) is 8.83. The molecule has 6 rings (SSSR count). The topological polar surface area (TPSA) is 178 Å². The van der Waals surface area contributed by atoms with Gasteiger partial charge in [-0.05, 0) is 138 Å². The second-order valence-electron chi connectivity index (χ2n) is 13.4. The van der Waals surface area contributed by atoms with E-state index in [1.807, 2.05) is 70.6 Å². The summed E-state index contributed by atoms with van der Waals surface area (Å²) in [5, 5.41) is 23.1. The molecule has 0 saturated heterocycles.